The Balaban J connectivity index is 1.54. The minimum absolute atomic E-state index is 0.632. The summed E-state index contributed by atoms with van der Waals surface area (Å²) in [4.78, 5) is 4.66. The summed E-state index contributed by atoms with van der Waals surface area (Å²) in [5.74, 6) is 2.33. The molecule has 0 aliphatic carbocycles. The number of rotatable bonds is 7. The third kappa shape index (κ3) is 3.25. The highest BCUT2D eigenvalue weighted by molar-refractivity contribution is 7.98. The average molecular weight is 384 g/mol. The lowest BCUT2D eigenvalue weighted by atomic mass is 10.2. The summed E-state index contributed by atoms with van der Waals surface area (Å²) in [6.07, 6.45) is 6.86. The van der Waals surface area contributed by atoms with Gasteiger partial charge in [0, 0.05) is 23.2 Å². The molecule has 0 N–H and O–H groups in total. The van der Waals surface area contributed by atoms with Gasteiger partial charge >= 0.3 is 0 Å². The number of thioether (sulfide) groups is 1. The fraction of sp³-hybridized carbons (Fsp3) is 0.167. The lowest BCUT2D eigenvalue weighted by Gasteiger charge is -2.06. The van der Waals surface area contributed by atoms with Crippen LogP contribution in [0.4, 0.5) is 0 Å². The van der Waals surface area contributed by atoms with Crippen molar-refractivity contribution in [2.24, 2.45) is 0 Å². The van der Waals surface area contributed by atoms with Gasteiger partial charge in [0.05, 0.1) is 23.8 Å². The number of hydrogen-bond donors (Lipinski definition) is 0. The van der Waals surface area contributed by atoms with Crippen LogP contribution in [0.25, 0.3) is 22.0 Å². The van der Waals surface area contributed by atoms with Gasteiger partial charge in [-0.1, -0.05) is 17.8 Å². The van der Waals surface area contributed by atoms with Crippen LogP contribution in [0.1, 0.15) is 11.5 Å². The summed E-state index contributed by atoms with van der Waals surface area (Å²) in [6, 6.07) is 3.82. The van der Waals surface area contributed by atoms with Gasteiger partial charge in [-0.2, -0.15) is 0 Å². The highest BCUT2D eigenvalue weighted by atomic mass is 32.2. The topological polar surface area (TPSA) is 69.9 Å². The van der Waals surface area contributed by atoms with Crippen molar-refractivity contribution in [3.63, 3.8) is 0 Å². The average Bonchev–Trinajstić information content (AvgIpc) is 3.41. The lowest BCUT2D eigenvalue weighted by molar-refractivity contribution is 0.534. The molecule has 4 heterocycles. The van der Waals surface area contributed by atoms with Gasteiger partial charge in [0.1, 0.15) is 17.0 Å². The molecule has 0 aliphatic heterocycles. The zero-order chi connectivity index (χ0) is 17.9. The zero-order valence-electron chi connectivity index (χ0n) is 14.1. The minimum Gasteiger partial charge on any atom is -0.472 e. The number of nitrogens with zero attached hydrogens (tertiary/aromatic N) is 4. The van der Waals surface area contributed by atoms with E-state index in [1.807, 2.05) is 29.7 Å². The zero-order valence-corrected chi connectivity index (χ0v) is 15.7. The van der Waals surface area contributed by atoms with Crippen LogP contribution in [0, 0.1) is 6.92 Å². The maximum absolute atomic E-state index is 5.40. The van der Waals surface area contributed by atoms with Gasteiger partial charge in [0.25, 0.3) is 0 Å². The molecular weight excluding hydrogens is 368 g/mol. The number of hydrogen-bond acceptors (Lipinski definition) is 7. The maximum Gasteiger partial charge on any atom is 0.192 e. The number of aryl methyl sites for hydroxylation is 1. The molecule has 4 rings (SSSR count). The molecule has 0 atom stereocenters. The molecule has 0 amide bonds. The largest absolute Gasteiger partial charge is 0.472 e. The molecule has 8 heteroatoms. The van der Waals surface area contributed by atoms with E-state index in [9.17, 15) is 0 Å². The normalized spacial score (nSPS) is 11.1. The molecule has 0 radical (unpaired) electrons. The monoisotopic (exact) mass is 384 g/mol. The van der Waals surface area contributed by atoms with E-state index in [0.717, 1.165) is 38.6 Å². The Morgan fingerprint density at radius 3 is 2.96 bits per heavy atom. The first-order valence-corrected chi connectivity index (χ1v) is 9.81. The van der Waals surface area contributed by atoms with Crippen LogP contribution >= 0.6 is 23.1 Å². The molecule has 0 aliphatic rings. The lowest BCUT2D eigenvalue weighted by Crippen LogP contribution is -2.00. The van der Waals surface area contributed by atoms with Gasteiger partial charge in [-0.05, 0) is 19.1 Å². The Kier molecular flexibility index (Phi) is 4.77. The van der Waals surface area contributed by atoms with Crippen LogP contribution in [0.2, 0.25) is 0 Å². The predicted octanol–water partition coefficient (Wildman–Crippen LogP) is 5.04. The Labute approximate surface area is 158 Å². The second-order valence-electron chi connectivity index (χ2n) is 5.54. The molecule has 0 unspecified atom stereocenters. The van der Waals surface area contributed by atoms with Crippen molar-refractivity contribution in [1.82, 2.24) is 19.7 Å². The van der Waals surface area contributed by atoms with Crippen LogP contribution in [0.3, 0.4) is 0 Å². The van der Waals surface area contributed by atoms with E-state index in [2.05, 4.69) is 27.1 Å². The summed E-state index contributed by atoms with van der Waals surface area (Å²) in [7, 11) is 0. The van der Waals surface area contributed by atoms with Crippen LogP contribution in [-0.2, 0) is 12.3 Å². The van der Waals surface area contributed by atoms with Crippen molar-refractivity contribution in [2.45, 2.75) is 24.4 Å². The van der Waals surface area contributed by atoms with Gasteiger partial charge < -0.3 is 8.83 Å². The highest BCUT2D eigenvalue weighted by Gasteiger charge is 2.17. The van der Waals surface area contributed by atoms with Crippen LogP contribution in [-0.4, -0.2) is 19.7 Å². The fourth-order valence-corrected chi connectivity index (χ4v) is 4.29. The molecule has 0 aromatic carbocycles. The van der Waals surface area contributed by atoms with Crippen molar-refractivity contribution < 1.29 is 8.83 Å². The third-order valence-corrected chi connectivity index (χ3v) is 5.74. The van der Waals surface area contributed by atoms with Crippen molar-refractivity contribution in [2.75, 3.05) is 0 Å². The molecule has 0 saturated heterocycles. The van der Waals surface area contributed by atoms with Gasteiger partial charge in [0.2, 0.25) is 0 Å². The standard InChI is InChI=1S/C18H16N4O2S2/c1-3-6-22-16(15-5-8-24-12(15)2)20-21-18(22)26-11-14-10-25-17(19-14)13-4-7-23-9-13/h3-5,7-10H,1,6,11H2,2H3. The van der Waals surface area contributed by atoms with Crippen LogP contribution in [0.15, 0.2) is 62.9 Å². The van der Waals surface area contributed by atoms with Crippen molar-refractivity contribution in [3.8, 4) is 22.0 Å². The molecule has 0 saturated carbocycles. The summed E-state index contributed by atoms with van der Waals surface area (Å²) in [5.41, 5.74) is 2.95. The van der Waals surface area contributed by atoms with E-state index in [0.29, 0.717) is 12.3 Å². The van der Waals surface area contributed by atoms with Gasteiger partial charge in [-0.15, -0.1) is 28.1 Å². The summed E-state index contributed by atoms with van der Waals surface area (Å²) < 4.78 is 12.6. The van der Waals surface area contributed by atoms with Crippen LogP contribution < -0.4 is 0 Å². The number of aromatic nitrogens is 4. The Bertz CT molecular complexity index is 1010. The van der Waals surface area contributed by atoms with Crippen molar-refractivity contribution in [1.29, 1.82) is 0 Å². The Morgan fingerprint density at radius 1 is 1.31 bits per heavy atom. The van der Waals surface area contributed by atoms with E-state index >= 15 is 0 Å². The molecule has 132 valence electrons. The van der Waals surface area contributed by atoms with E-state index in [1.165, 1.54) is 0 Å². The SMILES string of the molecule is C=CCn1c(SCc2csc(-c3ccoc3)n2)nnc1-c1ccoc1C. The summed E-state index contributed by atoms with van der Waals surface area (Å²) in [5, 5.41) is 12.5. The maximum atomic E-state index is 5.40. The van der Waals surface area contributed by atoms with Gasteiger partial charge in [0.15, 0.2) is 11.0 Å². The smallest absolute Gasteiger partial charge is 0.192 e. The van der Waals surface area contributed by atoms with Crippen LogP contribution in [0.5, 0.6) is 0 Å². The Hall–Kier alpha value is -2.58. The van der Waals surface area contributed by atoms with E-state index in [4.69, 9.17) is 8.83 Å². The molecule has 0 spiro atoms. The first-order valence-electron chi connectivity index (χ1n) is 7.94. The van der Waals surface area contributed by atoms with E-state index in [1.54, 1.807) is 41.9 Å². The molecule has 4 aromatic heterocycles. The first-order chi connectivity index (χ1) is 12.8. The highest BCUT2D eigenvalue weighted by Crippen LogP contribution is 2.30. The summed E-state index contributed by atoms with van der Waals surface area (Å²) >= 11 is 3.21. The molecular formula is C18H16N4O2S2. The van der Waals surface area contributed by atoms with Crippen molar-refractivity contribution in [3.05, 3.63) is 60.4 Å². The summed E-state index contributed by atoms with van der Waals surface area (Å²) in [6.45, 7) is 6.39. The van der Waals surface area contributed by atoms with E-state index < -0.39 is 0 Å². The van der Waals surface area contributed by atoms with Gasteiger partial charge in [-0.3, -0.25) is 4.57 Å². The number of furan rings is 2. The van der Waals surface area contributed by atoms with Crippen molar-refractivity contribution >= 4 is 23.1 Å². The first kappa shape index (κ1) is 16.9. The molecule has 6 nitrogen and oxygen atoms in total. The van der Waals surface area contributed by atoms with E-state index in [-0.39, 0.29) is 0 Å². The molecule has 0 fully saturated rings. The molecule has 26 heavy (non-hydrogen) atoms. The second kappa shape index (κ2) is 7.35. The second-order valence-corrected chi connectivity index (χ2v) is 7.34. The quantitative estimate of drug-likeness (QED) is 0.328. The van der Waals surface area contributed by atoms with Gasteiger partial charge in [-0.25, -0.2) is 4.98 Å². The molecule has 0 bridgehead atoms. The molecule has 4 aromatic rings. The third-order valence-electron chi connectivity index (χ3n) is 3.80. The Morgan fingerprint density at radius 2 is 2.23 bits per heavy atom. The fourth-order valence-electron chi connectivity index (χ4n) is 2.54. The number of allylic oxidation sites excluding steroid dienone is 1. The minimum atomic E-state index is 0.632. The number of thiazole rings is 1. The predicted molar refractivity (Wildman–Crippen MR) is 102 cm³/mol.